The molecule has 3 aliphatic heterocycles. The maximum absolute atomic E-state index is 13.3. The first-order chi connectivity index (χ1) is 15.9. The number of hydrogen-bond acceptors (Lipinski definition) is 6. The Morgan fingerprint density at radius 2 is 2.03 bits per heavy atom. The molecule has 1 unspecified atom stereocenters. The summed E-state index contributed by atoms with van der Waals surface area (Å²) in [5.41, 5.74) is 14.4. The molecule has 3 saturated heterocycles. The van der Waals surface area contributed by atoms with Crippen molar-refractivity contribution in [3.8, 4) is 6.07 Å². The van der Waals surface area contributed by atoms with Crippen molar-refractivity contribution in [3.05, 3.63) is 34.9 Å². The summed E-state index contributed by atoms with van der Waals surface area (Å²) in [6, 6.07) is 6.74. The number of rotatable bonds is 5. The highest BCUT2D eigenvalue weighted by molar-refractivity contribution is 5.93. The molecule has 1 aromatic rings. The molecule has 7 atom stereocenters. The van der Waals surface area contributed by atoms with Crippen molar-refractivity contribution in [3.63, 3.8) is 0 Å². The number of carbonyl (C=O) groups is 3. The molecule has 1 aromatic carbocycles. The van der Waals surface area contributed by atoms with Gasteiger partial charge in [-0.1, -0.05) is 6.07 Å². The lowest BCUT2D eigenvalue weighted by Gasteiger charge is -2.38. The normalized spacial score (nSPS) is 34.8. The van der Waals surface area contributed by atoms with Crippen LogP contribution >= 0.6 is 0 Å². The second-order valence-corrected chi connectivity index (χ2v) is 10.2. The largest absolute Gasteiger partial charge is 0.366 e. The van der Waals surface area contributed by atoms with Gasteiger partial charge in [-0.15, -0.1) is 0 Å². The summed E-state index contributed by atoms with van der Waals surface area (Å²) >= 11 is 0. The van der Waals surface area contributed by atoms with E-state index in [0.717, 1.165) is 43.2 Å². The van der Waals surface area contributed by atoms with Crippen LogP contribution in [0.2, 0.25) is 0 Å². The van der Waals surface area contributed by atoms with Gasteiger partial charge in [0.2, 0.25) is 17.7 Å². The van der Waals surface area contributed by atoms with Gasteiger partial charge in [0.15, 0.2) is 0 Å². The number of nitriles is 1. The Morgan fingerprint density at radius 1 is 1.21 bits per heavy atom. The first kappa shape index (κ1) is 20.6. The summed E-state index contributed by atoms with van der Waals surface area (Å²) < 4.78 is 0. The third-order valence-corrected chi connectivity index (χ3v) is 8.38. The van der Waals surface area contributed by atoms with Crippen LogP contribution in [0.4, 0.5) is 0 Å². The predicted octanol–water partition coefficient (Wildman–Crippen LogP) is -0.102. The molecule has 0 aromatic heterocycles. The molecule has 5 aliphatic rings. The number of nitrogens with two attached hydrogens (primary N) is 2. The molecule has 4 fully saturated rings. The van der Waals surface area contributed by atoms with Crippen molar-refractivity contribution in [2.45, 2.75) is 68.4 Å². The summed E-state index contributed by atoms with van der Waals surface area (Å²) in [5.74, 6) is -0.0435. The minimum absolute atomic E-state index is 0.0228. The minimum atomic E-state index is -0.722. The minimum Gasteiger partial charge on any atom is -0.366 e. The first-order valence-corrected chi connectivity index (χ1v) is 11.8. The molecule has 3 amide bonds. The number of hydrogen-bond donors (Lipinski definition) is 2. The number of piperidine rings is 1. The van der Waals surface area contributed by atoms with E-state index in [1.807, 2.05) is 17.0 Å². The molecule has 2 aliphatic carbocycles. The van der Waals surface area contributed by atoms with Crippen LogP contribution < -0.4 is 11.5 Å². The SMILES string of the molecule is N#C[C@@H]1C[C@@H]2CC2N1C(=O)[C@@H](N)CN1C[C@@H]2C[C@H]1C(=O)N2[C@H]1CCc2cc(C(N)=O)ccc21. The van der Waals surface area contributed by atoms with E-state index in [1.54, 1.807) is 11.0 Å². The van der Waals surface area contributed by atoms with Crippen molar-refractivity contribution in [1.82, 2.24) is 14.7 Å². The van der Waals surface area contributed by atoms with E-state index in [9.17, 15) is 19.6 Å². The predicted molar refractivity (Wildman–Crippen MR) is 117 cm³/mol. The van der Waals surface area contributed by atoms with Crippen LogP contribution in [-0.2, 0) is 16.0 Å². The van der Waals surface area contributed by atoms with Gasteiger partial charge >= 0.3 is 0 Å². The molecule has 3 heterocycles. The fraction of sp³-hybridized carbons (Fsp3) is 0.583. The molecular formula is C24H28N6O3. The number of benzene rings is 1. The Hall–Kier alpha value is -2.96. The molecule has 9 nitrogen and oxygen atoms in total. The van der Waals surface area contributed by atoms with E-state index in [2.05, 4.69) is 11.0 Å². The summed E-state index contributed by atoms with van der Waals surface area (Å²) in [6.07, 6.45) is 4.15. The molecule has 4 N–H and O–H groups in total. The highest BCUT2D eigenvalue weighted by atomic mass is 16.2. The molecule has 9 heteroatoms. The van der Waals surface area contributed by atoms with Gasteiger partial charge in [-0.2, -0.15) is 5.26 Å². The van der Waals surface area contributed by atoms with E-state index in [1.165, 1.54) is 0 Å². The Bertz CT molecular complexity index is 1100. The fourth-order valence-corrected chi connectivity index (χ4v) is 6.75. The number of nitrogens with zero attached hydrogens (tertiary/aromatic N) is 4. The summed E-state index contributed by atoms with van der Waals surface area (Å²) in [5, 5.41) is 9.39. The lowest BCUT2D eigenvalue weighted by atomic mass is 10.0. The van der Waals surface area contributed by atoms with E-state index in [4.69, 9.17) is 11.5 Å². The van der Waals surface area contributed by atoms with Gasteiger partial charge in [0.1, 0.15) is 6.04 Å². The highest BCUT2D eigenvalue weighted by Gasteiger charge is 2.56. The number of carbonyl (C=O) groups excluding carboxylic acids is 3. The smallest absolute Gasteiger partial charge is 0.248 e. The van der Waals surface area contributed by atoms with Crippen molar-refractivity contribution < 1.29 is 14.4 Å². The quantitative estimate of drug-likeness (QED) is 0.645. The number of likely N-dealkylation sites (tertiary alicyclic amines) is 3. The third-order valence-electron chi connectivity index (χ3n) is 8.38. The Labute approximate surface area is 192 Å². The van der Waals surface area contributed by atoms with Gasteiger partial charge in [-0.25, -0.2) is 0 Å². The third kappa shape index (κ3) is 3.08. The van der Waals surface area contributed by atoms with E-state index in [0.29, 0.717) is 24.6 Å². The maximum atomic E-state index is 13.3. The number of amides is 3. The van der Waals surface area contributed by atoms with Gasteiger partial charge in [0.25, 0.3) is 0 Å². The van der Waals surface area contributed by atoms with Crippen molar-refractivity contribution in [2.24, 2.45) is 17.4 Å². The van der Waals surface area contributed by atoms with E-state index >= 15 is 0 Å². The van der Waals surface area contributed by atoms with Crippen LogP contribution in [0.15, 0.2) is 18.2 Å². The van der Waals surface area contributed by atoms with Gasteiger partial charge in [0, 0.05) is 30.7 Å². The molecule has 172 valence electrons. The van der Waals surface area contributed by atoms with E-state index in [-0.39, 0.29) is 42.0 Å². The molecule has 0 radical (unpaired) electrons. The van der Waals surface area contributed by atoms with Crippen molar-refractivity contribution in [2.75, 3.05) is 13.1 Å². The second kappa shape index (κ2) is 7.27. The lowest BCUT2D eigenvalue weighted by Crippen LogP contribution is -2.57. The topological polar surface area (TPSA) is 137 Å². The second-order valence-electron chi connectivity index (χ2n) is 10.2. The average molecular weight is 449 g/mol. The molecule has 1 saturated carbocycles. The molecular weight excluding hydrogens is 420 g/mol. The zero-order valence-electron chi connectivity index (χ0n) is 18.4. The van der Waals surface area contributed by atoms with Crippen LogP contribution in [-0.4, -0.2) is 75.7 Å². The first-order valence-electron chi connectivity index (χ1n) is 11.8. The molecule has 6 rings (SSSR count). The average Bonchev–Trinajstić information content (AvgIpc) is 3.15. The van der Waals surface area contributed by atoms with E-state index < -0.39 is 11.9 Å². The summed E-state index contributed by atoms with van der Waals surface area (Å²) in [6.45, 7) is 1.05. The van der Waals surface area contributed by atoms with Gasteiger partial charge in [-0.05, 0) is 61.3 Å². The fourth-order valence-electron chi connectivity index (χ4n) is 6.75. The zero-order valence-corrected chi connectivity index (χ0v) is 18.4. The van der Waals surface area contributed by atoms with Crippen LogP contribution in [0.3, 0.4) is 0 Å². The number of piperazine rings is 1. The van der Waals surface area contributed by atoms with Gasteiger partial charge < -0.3 is 21.3 Å². The van der Waals surface area contributed by atoms with Crippen molar-refractivity contribution >= 4 is 17.7 Å². The molecule has 0 spiro atoms. The van der Waals surface area contributed by atoms with Crippen LogP contribution in [0.1, 0.15) is 53.2 Å². The Morgan fingerprint density at radius 3 is 2.76 bits per heavy atom. The van der Waals surface area contributed by atoms with Crippen LogP contribution in [0, 0.1) is 17.2 Å². The molecule has 33 heavy (non-hydrogen) atoms. The van der Waals surface area contributed by atoms with Crippen LogP contribution in [0.5, 0.6) is 0 Å². The van der Waals surface area contributed by atoms with Gasteiger partial charge in [0.05, 0.1) is 24.2 Å². The lowest BCUT2D eigenvalue weighted by molar-refractivity contribution is -0.141. The Kier molecular flexibility index (Phi) is 4.55. The number of aryl methyl sites for hydroxylation is 1. The number of primary amides is 1. The zero-order chi connectivity index (χ0) is 23.0. The Balaban J connectivity index is 1.13. The van der Waals surface area contributed by atoms with Crippen LogP contribution in [0.25, 0.3) is 0 Å². The molecule has 2 bridgehead atoms. The summed E-state index contributed by atoms with van der Waals surface area (Å²) in [7, 11) is 0. The maximum Gasteiger partial charge on any atom is 0.248 e. The highest BCUT2D eigenvalue weighted by Crippen LogP contribution is 2.48. The van der Waals surface area contributed by atoms with Gasteiger partial charge in [-0.3, -0.25) is 19.3 Å². The number of fused-ring (bicyclic) bond motifs is 4. The summed E-state index contributed by atoms with van der Waals surface area (Å²) in [4.78, 5) is 43.6. The monoisotopic (exact) mass is 448 g/mol. The van der Waals surface area contributed by atoms with Crippen molar-refractivity contribution in [1.29, 1.82) is 5.26 Å². The standard InChI is InChI=1S/C24H28N6O3/c25-9-15-6-14-7-20(14)29(15)23(32)18(26)11-28-10-16-8-21(28)24(33)30(16)19-4-2-12-5-13(22(27)31)1-3-17(12)19/h1,3,5,14-16,18-21H,2,4,6-8,10-11,26H2,(H2,27,31)/t14-,15+,16+,18+,19+,20?,21+/m1/s1.